The molecule has 0 aliphatic carbocycles. The monoisotopic (exact) mass is 274 g/mol. The normalized spacial score (nSPS) is 16.2. The summed E-state index contributed by atoms with van der Waals surface area (Å²) in [6, 6.07) is 0. The molecule has 1 fully saturated rings. The van der Waals surface area contributed by atoms with E-state index in [1.807, 2.05) is 0 Å². The van der Waals surface area contributed by atoms with E-state index in [2.05, 4.69) is 10.6 Å². The third kappa shape index (κ3) is 8.52. The molecule has 7 heteroatoms. The number of carboxylic acid groups (broad SMARTS) is 1. The highest BCUT2D eigenvalue weighted by molar-refractivity contribution is 5.75. The Hall–Kier alpha value is -1.18. The van der Waals surface area contributed by atoms with Crippen LogP contribution in [-0.2, 0) is 19.1 Å². The molecule has 0 aromatic carbocycles. The van der Waals surface area contributed by atoms with E-state index in [0.717, 1.165) is 25.9 Å². The molecule has 1 saturated heterocycles. The lowest BCUT2D eigenvalue weighted by atomic mass is 10.1. The highest BCUT2D eigenvalue weighted by atomic mass is 16.5. The number of aliphatic carboxylic acids is 1. The molecule has 110 valence electrons. The number of carbonyl (C=O) groups is 2. The molecule has 0 saturated carbocycles. The van der Waals surface area contributed by atoms with E-state index in [9.17, 15) is 9.59 Å². The fraction of sp³-hybridized carbons (Fsp3) is 0.833. The predicted molar refractivity (Wildman–Crippen MR) is 67.9 cm³/mol. The summed E-state index contributed by atoms with van der Waals surface area (Å²) in [6.07, 6.45) is 2.56. The molecule has 19 heavy (non-hydrogen) atoms. The van der Waals surface area contributed by atoms with Gasteiger partial charge in [0.2, 0.25) is 5.91 Å². The fourth-order valence-corrected chi connectivity index (χ4v) is 1.79. The zero-order valence-corrected chi connectivity index (χ0v) is 11.0. The predicted octanol–water partition coefficient (Wildman–Crippen LogP) is -0.637. The molecule has 0 unspecified atom stereocenters. The quantitative estimate of drug-likeness (QED) is 0.484. The van der Waals surface area contributed by atoms with E-state index < -0.39 is 5.97 Å². The third-order valence-electron chi connectivity index (χ3n) is 2.76. The summed E-state index contributed by atoms with van der Waals surface area (Å²) >= 11 is 0. The summed E-state index contributed by atoms with van der Waals surface area (Å²) in [6.45, 7) is 2.55. The van der Waals surface area contributed by atoms with Gasteiger partial charge in [-0.3, -0.25) is 4.79 Å². The molecular weight excluding hydrogens is 252 g/mol. The van der Waals surface area contributed by atoms with E-state index in [-0.39, 0.29) is 25.2 Å². The van der Waals surface area contributed by atoms with Crippen molar-refractivity contribution in [2.45, 2.75) is 25.4 Å². The number of carboxylic acids is 1. The van der Waals surface area contributed by atoms with Crippen molar-refractivity contribution < 1.29 is 24.2 Å². The summed E-state index contributed by atoms with van der Waals surface area (Å²) in [5.74, 6) is -1.12. The van der Waals surface area contributed by atoms with Crippen LogP contribution < -0.4 is 10.6 Å². The average molecular weight is 274 g/mol. The molecule has 0 bridgehead atoms. The van der Waals surface area contributed by atoms with E-state index >= 15 is 0 Å². The zero-order chi connectivity index (χ0) is 13.9. The molecule has 3 N–H and O–H groups in total. The molecule has 1 aliphatic rings. The Balaban J connectivity index is 1.91. The van der Waals surface area contributed by atoms with Crippen LogP contribution in [0.5, 0.6) is 0 Å². The second-order valence-electron chi connectivity index (χ2n) is 4.37. The molecule has 1 heterocycles. The summed E-state index contributed by atoms with van der Waals surface area (Å²) in [5.41, 5.74) is 0. The van der Waals surface area contributed by atoms with Crippen LogP contribution in [0, 0.1) is 0 Å². The Labute approximate surface area is 112 Å². The van der Waals surface area contributed by atoms with E-state index in [1.165, 1.54) is 0 Å². The van der Waals surface area contributed by atoms with Gasteiger partial charge in [0.25, 0.3) is 0 Å². The maximum absolute atomic E-state index is 11.4. The number of hydrogen-bond donors (Lipinski definition) is 3. The Morgan fingerprint density at radius 2 is 2.00 bits per heavy atom. The Bertz CT molecular complexity index is 279. The van der Waals surface area contributed by atoms with Crippen molar-refractivity contribution >= 4 is 11.9 Å². The molecule has 0 aromatic rings. The minimum atomic E-state index is -1.01. The number of nitrogens with one attached hydrogen (secondary N) is 2. The topological polar surface area (TPSA) is 96.9 Å². The van der Waals surface area contributed by atoms with E-state index in [1.54, 1.807) is 0 Å². The number of ether oxygens (including phenoxy) is 2. The zero-order valence-electron chi connectivity index (χ0n) is 11.0. The largest absolute Gasteiger partial charge is 0.480 e. The summed E-state index contributed by atoms with van der Waals surface area (Å²) in [7, 11) is 0. The smallest absolute Gasteiger partial charge is 0.329 e. The molecule has 7 nitrogen and oxygen atoms in total. The Kier molecular flexibility index (Phi) is 8.11. The Morgan fingerprint density at radius 1 is 1.26 bits per heavy atom. The lowest BCUT2D eigenvalue weighted by Gasteiger charge is -2.22. The number of hydrogen-bond acceptors (Lipinski definition) is 5. The van der Waals surface area contributed by atoms with Gasteiger partial charge in [0, 0.05) is 13.0 Å². The lowest BCUT2D eigenvalue weighted by Crippen LogP contribution is -2.33. The van der Waals surface area contributed by atoms with Crippen LogP contribution in [0.15, 0.2) is 0 Å². The summed E-state index contributed by atoms with van der Waals surface area (Å²) < 4.78 is 10.4. The maximum atomic E-state index is 11.4. The van der Waals surface area contributed by atoms with E-state index in [0.29, 0.717) is 19.6 Å². The first-order valence-corrected chi connectivity index (χ1v) is 6.57. The minimum absolute atomic E-state index is 0.104. The van der Waals surface area contributed by atoms with E-state index in [4.69, 9.17) is 14.6 Å². The first kappa shape index (κ1) is 15.9. The van der Waals surface area contributed by atoms with Gasteiger partial charge >= 0.3 is 5.97 Å². The number of carbonyl (C=O) groups excluding carboxylic acids is 1. The first-order chi connectivity index (χ1) is 9.18. The molecule has 0 radical (unpaired) electrons. The van der Waals surface area contributed by atoms with Crippen LogP contribution in [0.4, 0.5) is 0 Å². The van der Waals surface area contributed by atoms with Gasteiger partial charge in [-0.05, 0) is 25.9 Å². The van der Waals surface area contributed by atoms with Gasteiger partial charge in [0.15, 0.2) is 0 Å². The highest BCUT2D eigenvalue weighted by Gasteiger charge is 2.13. The van der Waals surface area contributed by atoms with Crippen LogP contribution in [0.2, 0.25) is 0 Å². The highest BCUT2D eigenvalue weighted by Crippen LogP contribution is 2.07. The summed E-state index contributed by atoms with van der Waals surface area (Å²) in [4.78, 5) is 21.6. The third-order valence-corrected chi connectivity index (χ3v) is 2.76. The maximum Gasteiger partial charge on any atom is 0.329 e. The van der Waals surface area contributed by atoms with Crippen molar-refractivity contribution in [3.63, 3.8) is 0 Å². The van der Waals surface area contributed by atoms with Crippen molar-refractivity contribution in [1.29, 1.82) is 0 Å². The molecular formula is C12H22N2O5. The minimum Gasteiger partial charge on any atom is -0.480 e. The second-order valence-corrected chi connectivity index (χ2v) is 4.37. The molecule has 0 spiro atoms. The van der Waals surface area contributed by atoms with Gasteiger partial charge in [-0.25, -0.2) is 4.79 Å². The number of piperidine rings is 1. The average Bonchev–Trinajstić information content (AvgIpc) is 2.39. The number of amides is 1. The molecule has 0 atom stereocenters. The van der Waals surface area contributed by atoms with Crippen molar-refractivity contribution in [2.24, 2.45) is 0 Å². The first-order valence-electron chi connectivity index (χ1n) is 6.57. The van der Waals surface area contributed by atoms with Crippen molar-refractivity contribution in [3.8, 4) is 0 Å². The van der Waals surface area contributed by atoms with Crippen LogP contribution >= 0.6 is 0 Å². The lowest BCUT2D eigenvalue weighted by molar-refractivity contribution is -0.142. The van der Waals surface area contributed by atoms with Crippen LogP contribution in [0.25, 0.3) is 0 Å². The van der Waals surface area contributed by atoms with Crippen LogP contribution in [0.1, 0.15) is 19.3 Å². The molecule has 0 aromatic heterocycles. The Morgan fingerprint density at radius 3 is 2.68 bits per heavy atom. The molecule has 1 aliphatic heterocycles. The standard InChI is InChI=1S/C12H22N2O5/c15-11(14-6-8-18-9-12(16)17)3-7-19-10-1-4-13-5-2-10/h10,13H,1-9H2,(H,14,15)(H,16,17). The van der Waals surface area contributed by atoms with Gasteiger partial charge in [-0.1, -0.05) is 0 Å². The van der Waals surface area contributed by atoms with Crippen molar-refractivity contribution in [2.75, 3.05) is 39.5 Å². The number of rotatable bonds is 9. The van der Waals surface area contributed by atoms with Gasteiger partial charge in [-0.2, -0.15) is 0 Å². The SMILES string of the molecule is O=C(O)COCCNC(=O)CCOC1CCNCC1. The molecule has 1 rings (SSSR count). The van der Waals surface area contributed by atoms with Gasteiger partial charge in [0.05, 0.1) is 19.3 Å². The van der Waals surface area contributed by atoms with Crippen LogP contribution in [0.3, 0.4) is 0 Å². The van der Waals surface area contributed by atoms with Crippen molar-refractivity contribution in [1.82, 2.24) is 10.6 Å². The van der Waals surface area contributed by atoms with Crippen molar-refractivity contribution in [3.05, 3.63) is 0 Å². The second kappa shape index (κ2) is 9.71. The molecule has 1 amide bonds. The van der Waals surface area contributed by atoms with Gasteiger partial charge in [-0.15, -0.1) is 0 Å². The van der Waals surface area contributed by atoms with Gasteiger partial charge < -0.3 is 25.2 Å². The summed E-state index contributed by atoms with van der Waals surface area (Å²) in [5, 5.41) is 14.2. The van der Waals surface area contributed by atoms with Gasteiger partial charge in [0.1, 0.15) is 6.61 Å². The fourth-order valence-electron chi connectivity index (χ4n) is 1.79. The van der Waals surface area contributed by atoms with Crippen LogP contribution in [-0.4, -0.2) is 62.5 Å².